The second-order valence-electron chi connectivity index (χ2n) is 4.59. The smallest absolute Gasteiger partial charge is 0.420 e. The molecule has 0 amide bonds. The van der Waals surface area contributed by atoms with Crippen LogP contribution in [0.4, 0.5) is 0 Å². The van der Waals surface area contributed by atoms with Gasteiger partial charge >= 0.3 is 13.7 Å². The van der Waals surface area contributed by atoms with E-state index in [0.717, 1.165) is 0 Å². The van der Waals surface area contributed by atoms with Crippen molar-refractivity contribution in [3.05, 3.63) is 23.1 Å². The van der Waals surface area contributed by atoms with Crippen molar-refractivity contribution >= 4 is 13.7 Å². The quantitative estimate of drug-likeness (QED) is 0.0933. The van der Waals surface area contributed by atoms with Crippen LogP contribution in [-0.4, -0.2) is 39.0 Å². The molecule has 10 nitrogen and oxygen atoms in total. The van der Waals surface area contributed by atoms with E-state index in [4.69, 9.17) is 29.3 Å². The van der Waals surface area contributed by atoms with Gasteiger partial charge in [-0.05, 0) is 12.5 Å². The lowest BCUT2D eigenvalue weighted by Gasteiger charge is -2.25. The maximum Gasteiger partial charge on any atom is 0.420 e. The molecule has 0 aromatic heterocycles. The molecule has 0 aliphatic rings. The van der Waals surface area contributed by atoms with Gasteiger partial charge in [0.05, 0.1) is 38.2 Å². The Hall–Kier alpha value is -1.88. The molecule has 0 N–H and O–H groups in total. The molecule has 0 aliphatic heterocycles. The number of esters is 1. The lowest BCUT2D eigenvalue weighted by Crippen LogP contribution is -2.27. The van der Waals surface area contributed by atoms with Crippen molar-refractivity contribution in [2.24, 2.45) is 10.8 Å². The first-order valence-electron chi connectivity index (χ1n) is 7.04. The SMILES string of the molecule is C=CCOC(=O)C[C@@H](COC)[C@H](C)OP(=O)(N=[N+]=[N-])OCCC#N. The third kappa shape index (κ3) is 9.30. The minimum Gasteiger partial charge on any atom is -0.461 e. The van der Waals surface area contributed by atoms with Crippen LogP contribution in [0.1, 0.15) is 19.8 Å². The van der Waals surface area contributed by atoms with Gasteiger partial charge < -0.3 is 18.5 Å². The summed E-state index contributed by atoms with van der Waals surface area (Å²) in [6.45, 7) is 4.96. The summed E-state index contributed by atoms with van der Waals surface area (Å²) < 4.78 is 32.4. The molecule has 0 radical (unpaired) electrons. The van der Waals surface area contributed by atoms with Crippen LogP contribution in [0.3, 0.4) is 0 Å². The molecule has 0 saturated heterocycles. The molecule has 0 heterocycles. The molecule has 0 aromatic rings. The largest absolute Gasteiger partial charge is 0.461 e. The molecular weight excluding hydrogens is 339 g/mol. The zero-order valence-corrected chi connectivity index (χ0v) is 14.6. The lowest BCUT2D eigenvalue weighted by molar-refractivity contribution is -0.145. The van der Waals surface area contributed by atoms with Crippen molar-refractivity contribution in [3.63, 3.8) is 0 Å². The Kier molecular flexibility index (Phi) is 11.5. The first kappa shape index (κ1) is 22.1. The Morgan fingerprint density at radius 2 is 2.29 bits per heavy atom. The minimum atomic E-state index is -4.11. The van der Waals surface area contributed by atoms with Crippen LogP contribution in [-0.2, 0) is 27.9 Å². The summed E-state index contributed by atoms with van der Waals surface area (Å²) in [4.78, 5) is 17.2. The van der Waals surface area contributed by atoms with Gasteiger partial charge in [0, 0.05) is 22.8 Å². The molecule has 1 unspecified atom stereocenters. The third-order valence-corrected chi connectivity index (χ3v) is 4.16. The fourth-order valence-corrected chi connectivity index (χ4v) is 2.80. The predicted octanol–water partition coefficient (Wildman–Crippen LogP) is 3.12. The molecule has 3 atom stereocenters. The van der Waals surface area contributed by atoms with E-state index >= 15 is 0 Å². The second kappa shape index (κ2) is 12.5. The maximum atomic E-state index is 12.3. The Balaban J connectivity index is 4.91. The molecular formula is C13H21N4O6P. The molecule has 24 heavy (non-hydrogen) atoms. The van der Waals surface area contributed by atoms with E-state index in [1.807, 2.05) is 0 Å². The normalized spacial score (nSPS) is 15.2. The van der Waals surface area contributed by atoms with E-state index in [1.54, 1.807) is 6.07 Å². The Morgan fingerprint density at radius 1 is 1.58 bits per heavy atom. The maximum absolute atomic E-state index is 12.3. The zero-order valence-electron chi connectivity index (χ0n) is 13.7. The van der Waals surface area contributed by atoms with Gasteiger partial charge in [-0.2, -0.15) is 5.26 Å². The van der Waals surface area contributed by atoms with E-state index in [0.29, 0.717) is 0 Å². The average Bonchev–Trinajstić information content (AvgIpc) is 2.52. The average molecular weight is 360 g/mol. The standard InChI is InChI=1S/C13H21N4O6P/c1-4-7-21-13(18)9-12(10-20-3)11(2)23-24(19,17-16-15)22-8-5-6-14/h4,11-12H,1,5,7-10H2,2-3H3/t11-,12-,24?/m0/s1. The number of nitrogens with zero attached hydrogens (tertiary/aromatic N) is 4. The van der Waals surface area contributed by atoms with Crippen molar-refractivity contribution in [3.8, 4) is 6.07 Å². The first-order chi connectivity index (χ1) is 11.4. The van der Waals surface area contributed by atoms with Crippen molar-refractivity contribution in [1.82, 2.24) is 0 Å². The lowest BCUT2D eigenvalue weighted by atomic mass is 10.0. The topological polar surface area (TPSA) is 144 Å². The first-order valence-corrected chi connectivity index (χ1v) is 8.54. The van der Waals surface area contributed by atoms with Crippen LogP contribution >= 0.6 is 7.75 Å². The third-order valence-electron chi connectivity index (χ3n) is 2.75. The summed E-state index contributed by atoms with van der Waals surface area (Å²) in [5, 5.41) is 8.46. The molecule has 0 aliphatic carbocycles. The van der Waals surface area contributed by atoms with E-state index in [9.17, 15) is 9.36 Å². The van der Waals surface area contributed by atoms with Crippen molar-refractivity contribution in [1.29, 1.82) is 5.26 Å². The Labute approximate surface area is 140 Å². The molecule has 0 aromatic carbocycles. The Bertz CT molecular complexity index is 543. The zero-order chi connectivity index (χ0) is 18.4. The summed E-state index contributed by atoms with van der Waals surface area (Å²) in [6, 6.07) is 1.80. The van der Waals surface area contributed by atoms with Crippen LogP contribution in [0.2, 0.25) is 0 Å². The summed E-state index contributed by atoms with van der Waals surface area (Å²) in [6.07, 6.45) is 0.539. The molecule has 0 rings (SSSR count). The molecule has 134 valence electrons. The summed E-state index contributed by atoms with van der Waals surface area (Å²) in [5.41, 5.74) is 8.51. The van der Waals surface area contributed by atoms with Gasteiger partial charge in [0.2, 0.25) is 0 Å². The fourth-order valence-electron chi connectivity index (χ4n) is 1.63. The molecule has 0 bridgehead atoms. The highest BCUT2D eigenvalue weighted by Gasteiger charge is 2.31. The molecule has 11 heteroatoms. The number of nitriles is 1. The van der Waals surface area contributed by atoms with Crippen LogP contribution in [0.15, 0.2) is 17.5 Å². The predicted molar refractivity (Wildman–Crippen MR) is 84.6 cm³/mol. The van der Waals surface area contributed by atoms with Crippen LogP contribution < -0.4 is 0 Å². The highest BCUT2D eigenvalue weighted by molar-refractivity contribution is 7.52. The number of methoxy groups -OCH3 is 1. The van der Waals surface area contributed by atoms with E-state index in [-0.39, 0.29) is 32.7 Å². The van der Waals surface area contributed by atoms with Gasteiger partial charge in [-0.1, -0.05) is 12.7 Å². The van der Waals surface area contributed by atoms with Crippen LogP contribution in [0.25, 0.3) is 10.4 Å². The number of ether oxygens (including phenoxy) is 2. The number of azide groups is 1. The van der Waals surface area contributed by atoms with Gasteiger partial charge in [-0.15, -0.1) is 0 Å². The Morgan fingerprint density at radius 3 is 2.83 bits per heavy atom. The highest BCUT2D eigenvalue weighted by Crippen LogP contribution is 2.52. The van der Waals surface area contributed by atoms with Crippen molar-refractivity contribution < 1.29 is 27.9 Å². The van der Waals surface area contributed by atoms with Crippen molar-refractivity contribution in [2.75, 3.05) is 26.9 Å². The molecule has 0 saturated carbocycles. The van der Waals surface area contributed by atoms with Crippen LogP contribution in [0, 0.1) is 17.2 Å². The second-order valence-corrected chi connectivity index (χ2v) is 6.18. The van der Waals surface area contributed by atoms with Gasteiger partial charge in [-0.25, -0.2) is 0 Å². The number of rotatable bonds is 13. The van der Waals surface area contributed by atoms with Gasteiger partial charge in [-0.3, -0.25) is 9.36 Å². The summed E-state index contributed by atoms with van der Waals surface area (Å²) in [7, 11) is -2.68. The minimum absolute atomic E-state index is 0.0436. The van der Waals surface area contributed by atoms with E-state index < -0.39 is 25.7 Å². The number of hydrogen-bond acceptors (Lipinski definition) is 7. The van der Waals surface area contributed by atoms with E-state index in [2.05, 4.69) is 16.4 Å². The number of carbonyl (C=O) groups is 1. The van der Waals surface area contributed by atoms with Crippen molar-refractivity contribution in [2.45, 2.75) is 25.9 Å². The number of carbonyl (C=O) groups excluding carboxylic acids is 1. The summed E-state index contributed by atoms with van der Waals surface area (Å²) >= 11 is 0. The van der Waals surface area contributed by atoms with Gasteiger partial charge in [0.15, 0.2) is 0 Å². The van der Waals surface area contributed by atoms with Crippen LogP contribution in [0.5, 0.6) is 0 Å². The van der Waals surface area contributed by atoms with Gasteiger partial charge in [0.1, 0.15) is 6.61 Å². The molecule has 0 spiro atoms. The monoisotopic (exact) mass is 360 g/mol. The highest BCUT2D eigenvalue weighted by atomic mass is 31.2. The van der Waals surface area contributed by atoms with E-state index in [1.165, 1.54) is 20.1 Å². The fraction of sp³-hybridized carbons (Fsp3) is 0.692. The van der Waals surface area contributed by atoms with Gasteiger partial charge in [0.25, 0.3) is 0 Å². The number of hydrogen-bond donors (Lipinski definition) is 0. The molecule has 0 fully saturated rings. The summed E-state index contributed by atoms with van der Waals surface area (Å²) in [5.74, 6) is -1.01.